The number of hydrogen-bond donors (Lipinski definition) is 1. The SMILES string of the molecule is COc1ccc(C2CC(=O)Oc3c2oc(C)cc3=O)cc1O. The number of rotatable bonds is 2. The highest BCUT2D eigenvalue weighted by atomic mass is 16.5. The molecule has 0 saturated heterocycles. The number of methoxy groups -OCH3 is 1. The van der Waals surface area contributed by atoms with Crippen LogP contribution in [0.25, 0.3) is 0 Å². The van der Waals surface area contributed by atoms with E-state index in [9.17, 15) is 14.7 Å². The average molecular weight is 302 g/mol. The Morgan fingerprint density at radius 1 is 1.27 bits per heavy atom. The minimum atomic E-state index is -0.510. The second kappa shape index (κ2) is 5.22. The van der Waals surface area contributed by atoms with Gasteiger partial charge < -0.3 is 19.0 Å². The fraction of sp³-hybridized carbons (Fsp3) is 0.250. The van der Waals surface area contributed by atoms with Gasteiger partial charge in [-0.1, -0.05) is 6.07 Å². The van der Waals surface area contributed by atoms with E-state index in [0.717, 1.165) is 0 Å². The van der Waals surface area contributed by atoms with Crippen LogP contribution in [-0.2, 0) is 4.79 Å². The van der Waals surface area contributed by atoms with Crippen LogP contribution < -0.4 is 14.9 Å². The van der Waals surface area contributed by atoms with Crippen molar-refractivity contribution in [3.63, 3.8) is 0 Å². The summed E-state index contributed by atoms with van der Waals surface area (Å²) in [5.41, 5.74) is 0.250. The van der Waals surface area contributed by atoms with Gasteiger partial charge in [0.1, 0.15) is 5.76 Å². The molecule has 1 aliphatic rings. The summed E-state index contributed by atoms with van der Waals surface area (Å²) in [6.07, 6.45) is 0.0329. The number of fused-ring (bicyclic) bond motifs is 1. The molecule has 2 heterocycles. The molecule has 1 aromatic carbocycles. The summed E-state index contributed by atoms with van der Waals surface area (Å²) in [7, 11) is 1.45. The van der Waals surface area contributed by atoms with Gasteiger partial charge in [0.25, 0.3) is 0 Å². The van der Waals surface area contributed by atoms with Gasteiger partial charge in [-0.05, 0) is 24.6 Å². The Hall–Kier alpha value is -2.76. The molecule has 3 rings (SSSR count). The highest BCUT2D eigenvalue weighted by Crippen LogP contribution is 2.39. The number of phenols is 1. The topological polar surface area (TPSA) is 86.0 Å². The number of ether oxygens (including phenoxy) is 2. The first-order valence-electron chi connectivity index (χ1n) is 6.72. The lowest BCUT2D eigenvalue weighted by molar-refractivity contribution is -0.136. The van der Waals surface area contributed by atoms with Crippen molar-refractivity contribution in [3.8, 4) is 17.2 Å². The molecular formula is C16H14O6. The van der Waals surface area contributed by atoms with Crippen LogP contribution in [0.2, 0.25) is 0 Å². The van der Waals surface area contributed by atoms with Crippen molar-refractivity contribution in [2.24, 2.45) is 0 Å². The molecule has 1 N–H and O–H groups in total. The first-order chi connectivity index (χ1) is 10.5. The van der Waals surface area contributed by atoms with Crippen molar-refractivity contribution in [1.82, 2.24) is 0 Å². The number of hydrogen-bond acceptors (Lipinski definition) is 6. The van der Waals surface area contributed by atoms with Gasteiger partial charge >= 0.3 is 5.97 Å². The molecule has 114 valence electrons. The van der Waals surface area contributed by atoms with Gasteiger partial charge in [0.05, 0.1) is 19.4 Å². The highest BCUT2D eigenvalue weighted by Gasteiger charge is 2.33. The molecule has 0 aliphatic carbocycles. The zero-order valence-corrected chi connectivity index (χ0v) is 12.1. The van der Waals surface area contributed by atoms with Gasteiger partial charge in [0, 0.05) is 6.07 Å². The molecule has 6 heteroatoms. The second-order valence-electron chi connectivity index (χ2n) is 5.08. The van der Waals surface area contributed by atoms with E-state index in [4.69, 9.17) is 13.9 Å². The molecule has 6 nitrogen and oxygen atoms in total. The first kappa shape index (κ1) is 14.2. The van der Waals surface area contributed by atoms with Gasteiger partial charge in [0.15, 0.2) is 17.3 Å². The zero-order valence-electron chi connectivity index (χ0n) is 12.1. The van der Waals surface area contributed by atoms with Gasteiger partial charge in [-0.2, -0.15) is 0 Å². The zero-order chi connectivity index (χ0) is 15.9. The third-order valence-corrected chi connectivity index (χ3v) is 3.56. The summed E-state index contributed by atoms with van der Waals surface area (Å²) in [6.45, 7) is 1.65. The van der Waals surface area contributed by atoms with Crippen molar-refractivity contribution >= 4 is 5.97 Å². The fourth-order valence-electron chi connectivity index (χ4n) is 2.56. The molecule has 0 saturated carbocycles. The Morgan fingerprint density at radius 3 is 2.73 bits per heavy atom. The predicted molar refractivity (Wildman–Crippen MR) is 76.5 cm³/mol. The van der Waals surface area contributed by atoms with Crippen LogP contribution in [0.3, 0.4) is 0 Å². The lowest BCUT2D eigenvalue weighted by atomic mass is 9.90. The number of carbonyl (C=O) groups is 1. The Kier molecular flexibility index (Phi) is 3.36. The van der Waals surface area contributed by atoms with E-state index >= 15 is 0 Å². The number of phenolic OH excluding ortho intramolecular Hbond substituents is 1. The van der Waals surface area contributed by atoms with E-state index in [1.807, 2.05) is 0 Å². The molecule has 1 aliphatic heterocycles. The summed E-state index contributed by atoms with van der Waals surface area (Å²) < 4.78 is 15.6. The van der Waals surface area contributed by atoms with E-state index in [0.29, 0.717) is 22.8 Å². The van der Waals surface area contributed by atoms with Gasteiger partial charge in [-0.15, -0.1) is 0 Å². The summed E-state index contributed by atoms with van der Waals surface area (Å²) >= 11 is 0. The second-order valence-corrected chi connectivity index (χ2v) is 5.08. The minimum Gasteiger partial charge on any atom is -0.504 e. The van der Waals surface area contributed by atoms with E-state index in [-0.39, 0.29) is 17.9 Å². The maximum absolute atomic E-state index is 12.0. The molecule has 22 heavy (non-hydrogen) atoms. The quantitative estimate of drug-likeness (QED) is 0.855. The van der Waals surface area contributed by atoms with Crippen molar-refractivity contribution in [1.29, 1.82) is 0 Å². The Morgan fingerprint density at radius 2 is 2.05 bits per heavy atom. The molecule has 0 amide bonds. The Labute approximate surface area is 125 Å². The maximum Gasteiger partial charge on any atom is 0.312 e. The largest absolute Gasteiger partial charge is 0.504 e. The lowest BCUT2D eigenvalue weighted by Crippen LogP contribution is -2.25. The van der Waals surface area contributed by atoms with Crippen LogP contribution in [0.5, 0.6) is 17.2 Å². The van der Waals surface area contributed by atoms with E-state index in [2.05, 4.69) is 0 Å². The van der Waals surface area contributed by atoms with Crippen LogP contribution in [0.4, 0.5) is 0 Å². The summed E-state index contributed by atoms with van der Waals surface area (Å²) in [5.74, 6) is -0.0612. The van der Waals surface area contributed by atoms with E-state index < -0.39 is 17.3 Å². The molecule has 0 fully saturated rings. The normalized spacial score (nSPS) is 16.8. The van der Waals surface area contributed by atoms with Crippen molar-refractivity contribution < 1.29 is 23.8 Å². The van der Waals surface area contributed by atoms with Crippen LogP contribution in [-0.4, -0.2) is 18.2 Å². The molecule has 1 atom stereocenters. The predicted octanol–water partition coefficient (Wildman–Crippen LogP) is 2.10. The van der Waals surface area contributed by atoms with Crippen LogP contribution in [0.15, 0.2) is 33.5 Å². The molecule has 0 bridgehead atoms. The smallest absolute Gasteiger partial charge is 0.312 e. The molecule has 1 unspecified atom stereocenters. The maximum atomic E-state index is 12.0. The molecular weight excluding hydrogens is 288 g/mol. The summed E-state index contributed by atoms with van der Waals surface area (Å²) in [5, 5.41) is 9.91. The third kappa shape index (κ3) is 2.32. The minimum absolute atomic E-state index is 0.0329. The summed E-state index contributed by atoms with van der Waals surface area (Å²) in [6, 6.07) is 6.08. The monoisotopic (exact) mass is 302 g/mol. The fourth-order valence-corrected chi connectivity index (χ4v) is 2.56. The lowest BCUT2D eigenvalue weighted by Gasteiger charge is -2.23. The van der Waals surface area contributed by atoms with Gasteiger partial charge in [0.2, 0.25) is 11.2 Å². The number of carbonyl (C=O) groups excluding carboxylic acids is 1. The number of esters is 1. The van der Waals surface area contributed by atoms with E-state index in [1.165, 1.54) is 19.2 Å². The molecule has 0 spiro atoms. The van der Waals surface area contributed by atoms with Crippen molar-refractivity contribution in [3.05, 3.63) is 51.6 Å². The van der Waals surface area contributed by atoms with Crippen LogP contribution in [0.1, 0.15) is 29.4 Å². The highest BCUT2D eigenvalue weighted by molar-refractivity contribution is 5.77. The molecule has 0 radical (unpaired) electrons. The van der Waals surface area contributed by atoms with Crippen molar-refractivity contribution in [2.75, 3.05) is 7.11 Å². The van der Waals surface area contributed by atoms with Gasteiger partial charge in [-0.3, -0.25) is 9.59 Å². The third-order valence-electron chi connectivity index (χ3n) is 3.56. The Balaban J connectivity index is 2.15. The van der Waals surface area contributed by atoms with E-state index in [1.54, 1.807) is 19.1 Å². The number of aromatic hydroxyl groups is 1. The number of benzene rings is 1. The first-order valence-corrected chi connectivity index (χ1v) is 6.72. The average Bonchev–Trinajstić information content (AvgIpc) is 2.47. The molecule has 2 aromatic rings. The number of aryl methyl sites for hydroxylation is 1. The summed E-state index contributed by atoms with van der Waals surface area (Å²) in [4.78, 5) is 23.7. The van der Waals surface area contributed by atoms with Gasteiger partial charge in [-0.25, -0.2) is 0 Å². The standard InChI is InChI=1S/C16H14O6/c1-8-5-12(18)16-15(21-8)10(7-14(19)22-16)9-3-4-13(20-2)11(17)6-9/h3-6,10,17H,7H2,1-2H3. The van der Waals surface area contributed by atoms with Crippen LogP contribution in [0, 0.1) is 6.92 Å². The van der Waals surface area contributed by atoms with Crippen LogP contribution >= 0.6 is 0 Å². The molecule has 1 aromatic heterocycles. The van der Waals surface area contributed by atoms with Crippen molar-refractivity contribution in [2.45, 2.75) is 19.3 Å². The Bertz CT molecular complexity index is 805.